The van der Waals surface area contributed by atoms with Crippen LogP contribution in [0.2, 0.25) is 0 Å². The average Bonchev–Trinajstić information content (AvgIpc) is 3.38. The molecule has 2 N–H and O–H groups in total. The molecule has 0 aliphatic rings. The molecule has 0 unspecified atom stereocenters. The summed E-state index contributed by atoms with van der Waals surface area (Å²) in [7, 11) is 0. The van der Waals surface area contributed by atoms with Crippen LogP contribution in [0.1, 0.15) is 33.4 Å². The summed E-state index contributed by atoms with van der Waals surface area (Å²) in [4.78, 5) is 24.6. The van der Waals surface area contributed by atoms with Gasteiger partial charge in [0, 0.05) is 11.3 Å². The summed E-state index contributed by atoms with van der Waals surface area (Å²) in [6.45, 7) is 1.78. The van der Waals surface area contributed by atoms with Gasteiger partial charge in [-0.15, -0.1) is 0 Å². The SMILES string of the molecule is C/C(=N\NC(=O)c1ccc(-c2ccccc2)cc1)c1cccc(NC(=O)c2ccco2)c1. The number of nitrogens with one attached hydrogen (secondary N) is 2. The van der Waals surface area contributed by atoms with Crippen LogP contribution in [0.5, 0.6) is 0 Å². The Bertz CT molecular complexity index is 1250. The van der Waals surface area contributed by atoms with E-state index in [1.807, 2.05) is 48.5 Å². The minimum Gasteiger partial charge on any atom is -0.459 e. The zero-order valence-corrected chi connectivity index (χ0v) is 17.4. The third-order valence-electron chi connectivity index (χ3n) is 4.86. The van der Waals surface area contributed by atoms with Crippen molar-refractivity contribution in [2.45, 2.75) is 6.92 Å². The van der Waals surface area contributed by atoms with Crippen molar-refractivity contribution in [3.8, 4) is 11.1 Å². The number of nitrogens with zero attached hydrogens (tertiary/aromatic N) is 1. The lowest BCUT2D eigenvalue weighted by atomic mass is 10.0. The maximum Gasteiger partial charge on any atom is 0.291 e. The first-order valence-electron chi connectivity index (χ1n) is 10.1. The largest absolute Gasteiger partial charge is 0.459 e. The van der Waals surface area contributed by atoms with Gasteiger partial charge in [0.25, 0.3) is 11.8 Å². The van der Waals surface area contributed by atoms with E-state index in [4.69, 9.17) is 4.42 Å². The van der Waals surface area contributed by atoms with Crippen molar-refractivity contribution in [2.75, 3.05) is 5.32 Å². The quantitative estimate of drug-likeness (QED) is 0.324. The summed E-state index contributed by atoms with van der Waals surface area (Å²) in [6.07, 6.45) is 1.44. The average molecular weight is 423 g/mol. The zero-order chi connectivity index (χ0) is 22.3. The van der Waals surface area contributed by atoms with E-state index in [0.717, 1.165) is 16.7 Å². The Morgan fingerprint density at radius 2 is 1.50 bits per heavy atom. The van der Waals surface area contributed by atoms with Crippen LogP contribution in [0.3, 0.4) is 0 Å². The normalized spacial score (nSPS) is 11.1. The van der Waals surface area contributed by atoms with Gasteiger partial charge in [-0.2, -0.15) is 5.10 Å². The monoisotopic (exact) mass is 423 g/mol. The molecule has 158 valence electrons. The van der Waals surface area contributed by atoms with Gasteiger partial charge in [0.05, 0.1) is 12.0 Å². The molecule has 4 rings (SSSR count). The van der Waals surface area contributed by atoms with E-state index >= 15 is 0 Å². The van der Waals surface area contributed by atoms with Gasteiger partial charge in [-0.3, -0.25) is 9.59 Å². The third kappa shape index (κ3) is 4.99. The first kappa shape index (κ1) is 20.8. The molecule has 2 amide bonds. The van der Waals surface area contributed by atoms with Crippen molar-refractivity contribution in [1.82, 2.24) is 5.43 Å². The van der Waals surface area contributed by atoms with Crippen LogP contribution in [-0.2, 0) is 0 Å². The van der Waals surface area contributed by atoms with Gasteiger partial charge in [0.2, 0.25) is 0 Å². The summed E-state index contributed by atoms with van der Waals surface area (Å²) in [5.74, 6) is -0.411. The highest BCUT2D eigenvalue weighted by molar-refractivity contribution is 6.04. The molecule has 6 nitrogen and oxygen atoms in total. The second-order valence-corrected chi connectivity index (χ2v) is 7.09. The number of rotatable bonds is 6. The Labute approximate surface area is 185 Å². The van der Waals surface area contributed by atoms with Crippen LogP contribution in [0.15, 0.2) is 107 Å². The summed E-state index contributed by atoms with van der Waals surface area (Å²) < 4.78 is 5.10. The number of benzene rings is 3. The molecule has 0 saturated heterocycles. The molecule has 0 saturated carbocycles. The predicted octanol–water partition coefficient (Wildman–Crippen LogP) is 5.35. The molecule has 0 fully saturated rings. The van der Waals surface area contributed by atoms with Gasteiger partial charge in [-0.1, -0.05) is 54.6 Å². The Balaban J connectivity index is 1.41. The minimum atomic E-state index is -0.339. The molecule has 0 spiro atoms. The van der Waals surface area contributed by atoms with E-state index in [-0.39, 0.29) is 17.6 Å². The second-order valence-electron chi connectivity index (χ2n) is 7.09. The highest BCUT2D eigenvalue weighted by Gasteiger charge is 2.10. The number of hydrogen-bond donors (Lipinski definition) is 2. The highest BCUT2D eigenvalue weighted by atomic mass is 16.3. The Morgan fingerprint density at radius 3 is 2.22 bits per heavy atom. The van der Waals surface area contributed by atoms with Gasteiger partial charge >= 0.3 is 0 Å². The van der Waals surface area contributed by atoms with E-state index in [2.05, 4.69) is 15.8 Å². The summed E-state index contributed by atoms with van der Waals surface area (Å²) >= 11 is 0. The van der Waals surface area contributed by atoms with Gasteiger partial charge in [-0.25, -0.2) is 5.43 Å². The number of hydrazone groups is 1. The number of hydrogen-bond acceptors (Lipinski definition) is 4. The van der Waals surface area contributed by atoms with Crippen molar-refractivity contribution in [3.05, 3.63) is 114 Å². The first-order chi connectivity index (χ1) is 15.6. The minimum absolute atomic E-state index is 0.228. The molecular formula is C26H21N3O3. The molecule has 4 aromatic rings. The molecule has 6 heteroatoms. The van der Waals surface area contributed by atoms with Gasteiger partial charge < -0.3 is 9.73 Å². The first-order valence-corrected chi connectivity index (χ1v) is 10.1. The van der Waals surface area contributed by atoms with Crippen LogP contribution >= 0.6 is 0 Å². The Hall–Kier alpha value is -4.45. The van der Waals surface area contributed by atoms with Crippen LogP contribution in [-0.4, -0.2) is 17.5 Å². The van der Waals surface area contributed by atoms with Crippen LogP contribution < -0.4 is 10.7 Å². The number of amides is 2. The lowest BCUT2D eigenvalue weighted by Gasteiger charge is -2.07. The summed E-state index contributed by atoms with van der Waals surface area (Å²) in [5.41, 5.74) is 7.20. The molecule has 0 aliphatic carbocycles. The fourth-order valence-electron chi connectivity index (χ4n) is 3.13. The van der Waals surface area contributed by atoms with Crippen molar-refractivity contribution in [2.24, 2.45) is 5.10 Å². The standard InChI is InChI=1S/C26H21N3O3/c1-18(22-9-5-10-23(17-22)27-26(31)24-11-6-16-32-24)28-29-25(30)21-14-12-20(13-15-21)19-7-3-2-4-8-19/h2-17H,1H3,(H,27,31)(H,29,30)/b28-18+. The summed E-state index contributed by atoms with van der Waals surface area (Å²) in [5, 5.41) is 6.98. The maximum atomic E-state index is 12.5. The molecule has 1 aromatic heterocycles. The molecule has 3 aromatic carbocycles. The molecule has 0 radical (unpaired) electrons. The lowest BCUT2D eigenvalue weighted by molar-refractivity contribution is 0.0953. The topological polar surface area (TPSA) is 83.7 Å². The molecular weight excluding hydrogens is 402 g/mol. The molecule has 0 aliphatic heterocycles. The Kier molecular flexibility index (Phi) is 6.22. The van der Waals surface area contributed by atoms with Crippen LogP contribution in [0.4, 0.5) is 5.69 Å². The lowest BCUT2D eigenvalue weighted by Crippen LogP contribution is -2.19. The molecule has 32 heavy (non-hydrogen) atoms. The molecule has 0 atom stereocenters. The smallest absolute Gasteiger partial charge is 0.291 e. The van der Waals surface area contributed by atoms with Crippen molar-refractivity contribution in [3.63, 3.8) is 0 Å². The van der Waals surface area contributed by atoms with Crippen molar-refractivity contribution in [1.29, 1.82) is 0 Å². The van der Waals surface area contributed by atoms with Gasteiger partial charge in [-0.05, 0) is 60.0 Å². The number of anilines is 1. The van der Waals surface area contributed by atoms with Crippen LogP contribution in [0, 0.1) is 0 Å². The van der Waals surface area contributed by atoms with E-state index in [1.165, 1.54) is 6.26 Å². The van der Waals surface area contributed by atoms with E-state index in [1.54, 1.807) is 49.4 Å². The second kappa shape index (κ2) is 9.57. The number of carbonyl (C=O) groups is 2. The molecule has 0 bridgehead atoms. The van der Waals surface area contributed by atoms with E-state index in [0.29, 0.717) is 17.0 Å². The van der Waals surface area contributed by atoms with E-state index in [9.17, 15) is 9.59 Å². The van der Waals surface area contributed by atoms with Crippen LogP contribution in [0.25, 0.3) is 11.1 Å². The molecule has 1 heterocycles. The fourth-order valence-corrected chi connectivity index (χ4v) is 3.13. The van der Waals surface area contributed by atoms with Gasteiger partial charge in [0.1, 0.15) is 0 Å². The maximum absolute atomic E-state index is 12.5. The number of carbonyl (C=O) groups excluding carboxylic acids is 2. The number of furan rings is 1. The highest BCUT2D eigenvalue weighted by Crippen LogP contribution is 2.19. The zero-order valence-electron chi connectivity index (χ0n) is 17.4. The van der Waals surface area contributed by atoms with Crippen molar-refractivity contribution < 1.29 is 14.0 Å². The predicted molar refractivity (Wildman–Crippen MR) is 125 cm³/mol. The summed E-state index contributed by atoms with van der Waals surface area (Å²) in [6, 6.07) is 27.8. The van der Waals surface area contributed by atoms with E-state index < -0.39 is 0 Å². The van der Waals surface area contributed by atoms with Crippen molar-refractivity contribution >= 4 is 23.2 Å². The Morgan fingerprint density at radius 1 is 0.750 bits per heavy atom. The van der Waals surface area contributed by atoms with Gasteiger partial charge in [0.15, 0.2) is 5.76 Å². The fraction of sp³-hybridized carbons (Fsp3) is 0.0385. The third-order valence-corrected chi connectivity index (χ3v) is 4.86.